The van der Waals surface area contributed by atoms with E-state index in [4.69, 9.17) is 0 Å². The molecule has 1 atom stereocenters. The Morgan fingerprint density at radius 2 is 1.86 bits per heavy atom. The van der Waals surface area contributed by atoms with Crippen molar-refractivity contribution >= 4 is 19.9 Å². The van der Waals surface area contributed by atoms with Crippen LogP contribution < -0.4 is 4.72 Å². The number of benzene rings is 1. The van der Waals surface area contributed by atoms with Crippen molar-refractivity contribution in [1.82, 2.24) is 4.72 Å². The Kier molecular flexibility index (Phi) is 4.56. The highest BCUT2D eigenvalue weighted by atomic mass is 32.2. The summed E-state index contributed by atoms with van der Waals surface area (Å²) in [6, 6.07) is 3.86. The number of rotatable bonds is 4. The summed E-state index contributed by atoms with van der Waals surface area (Å²) >= 11 is 0. The zero-order chi connectivity index (χ0) is 16.6. The fourth-order valence-electron chi connectivity index (χ4n) is 2.27. The van der Waals surface area contributed by atoms with Crippen molar-refractivity contribution in [2.75, 3.05) is 18.1 Å². The van der Waals surface area contributed by atoms with Crippen LogP contribution in [0, 0.1) is 5.92 Å². The molecule has 1 fully saturated rings. The molecular weight excluding hydrogens is 343 g/mol. The van der Waals surface area contributed by atoms with Gasteiger partial charge in [-0.05, 0) is 24.5 Å². The lowest BCUT2D eigenvalue weighted by molar-refractivity contribution is -0.139. The van der Waals surface area contributed by atoms with Crippen LogP contribution in [-0.2, 0) is 26.0 Å². The van der Waals surface area contributed by atoms with Crippen LogP contribution in [0.2, 0.25) is 0 Å². The van der Waals surface area contributed by atoms with Crippen LogP contribution in [0.25, 0.3) is 0 Å². The van der Waals surface area contributed by atoms with E-state index < -0.39 is 42.4 Å². The number of alkyl halides is 3. The van der Waals surface area contributed by atoms with Crippen molar-refractivity contribution in [2.24, 2.45) is 5.92 Å². The van der Waals surface area contributed by atoms with E-state index in [2.05, 4.69) is 4.72 Å². The fourth-order valence-corrected chi connectivity index (χ4v) is 5.48. The van der Waals surface area contributed by atoms with Gasteiger partial charge in [0.1, 0.15) is 0 Å². The minimum atomic E-state index is -4.79. The second-order valence-corrected chi connectivity index (χ2v) is 9.08. The summed E-state index contributed by atoms with van der Waals surface area (Å²) in [5.41, 5.74) is -1.25. The number of halogens is 3. The summed E-state index contributed by atoms with van der Waals surface area (Å²) in [5, 5.41) is 0. The summed E-state index contributed by atoms with van der Waals surface area (Å²) in [7, 11) is -7.54. The first-order chi connectivity index (χ1) is 10.0. The Bertz CT molecular complexity index is 757. The van der Waals surface area contributed by atoms with Gasteiger partial charge in [0.15, 0.2) is 9.84 Å². The predicted octanol–water partition coefficient (Wildman–Crippen LogP) is 1.42. The monoisotopic (exact) mass is 357 g/mol. The first kappa shape index (κ1) is 17.2. The van der Waals surface area contributed by atoms with Crippen molar-refractivity contribution in [2.45, 2.75) is 17.5 Å². The highest BCUT2D eigenvalue weighted by Gasteiger charge is 2.37. The molecule has 0 radical (unpaired) electrons. The van der Waals surface area contributed by atoms with Crippen LogP contribution in [0.3, 0.4) is 0 Å². The molecule has 1 aromatic rings. The Labute approximate surface area is 126 Å². The molecule has 2 rings (SSSR count). The molecule has 1 unspecified atom stereocenters. The van der Waals surface area contributed by atoms with Crippen LogP contribution in [0.4, 0.5) is 13.2 Å². The first-order valence-corrected chi connectivity index (χ1v) is 9.68. The maximum atomic E-state index is 12.9. The first-order valence-electron chi connectivity index (χ1n) is 6.37. The largest absolute Gasteiger partial charge is 0.417 e. The summed E-state index contributed by atoms with van der Waals surface area (Å²) in [6.07, 6.45) is -4.49. The Hall–Kier alpha value is -1.13. The molecule has 0 amide bonds. The fraction of sp³-hybridized carbons (Fsp3) is 0.500. The lowest BCUT2D eigenvalue weighted by atomic mass is 10.1. The molecule has 0 saturated carbocycles. The van der Waals surface area contributed by atoms with Gasteiger partial charge in [0.05, 0.1) is 22.0 Å². The van der Waals surface area contributed by atoms with Crippen molar-refractivity contribution in [3.63, 3.8) is 0 Å². The average molecular weight is 357 g/mol. The zero-order valence-electron chi connectivity index (χ0n) is 11.3. The topological polar surface area (TPSA) is 80.3 Å². The molecule has 1 N–H and O–H groups in total. The Morgan fingerprint density at radius 1 is 1.23 bits per heavy atom. The van der Waals surface area contributed by atoms with E-state index in [0.29, 0.717) is 12.5 Å². The van der Waals surface area contributed by atoms with Gasteiger partial charge in [-0.25, -0.2) is 21.6 Å². The van der Waals surface area contributed by atoms with Gasteiger partial charge in [0.2, 0.25) is 10.0 Å². The minimum absolute atomic E-state index is 0.0292. The van der Waals surface area contributed by atoms with E-state index in [1.807, 2.05) is 0 Å². The van der Waals surface area contributed by atoms with Crippen molar-refractivity contribution in [3.05, 3.63) is 29.8 Å². The molecule has 1 aromatic carbocycles. The van der Waals surface area contributed by atoms with Crippen molar-refractivity contribution in [1.29, 1.82) is 0 Å². The number of nitrogens with one attached hydrogen (secondary N) is 1. The van der Waals surface area contributed by atoms with Crippen LogP contribution in [0.15, 0.2) is 29.2 Å². The Balaban J connectivity index is 2.18. The molecule has 124 valence electrons. The standard InChI is InChI=1S/C12H14F3NO4S2/c13-12(14,15)10-3-1-2-4-11(10)22(19,20)16-7-9-5-6-21(17,18)8-9/h1-4,9,16H,5-8H2. The third-order valence-corrected chi connectivity index (χ3v) is 6.69. The maximum absolute atomic E-state index is 12.9. The SMILES string of the molecule is O=S1(=O)CCC(CNS(=O)(=O)c2ccccc2C(F)(F)F)C1. The van der Waals surface area contributed by atoms with Gasteiger partial charge in [0, 0.05) is 6.54 Å². The molecule has 1 heterocycles. The highest BCUT2D eigenvalue weighted by molar-refractivity contribution is 7.91. The average Bonchev–Trinajstić information content (AvgIpc) is 2.75. The summed E-state index contributed by atoms with van der Waals surface area (Å²) < 4.78 is 87.3. The number of hydrogen-bond donors (Lipinski definition) is 1. The minimum Gasteiger partial charge on any atom is -0.229 e. The van der Waals surface area contributed by atoms with Gasteiger partial charge in [0.25, 0.3) is 0 Å². The summed E-state index contributed by atoms with van der Waals surface area (Å²) in [5.74, 6) is -0.604. The molecule has 0 aliphatic carbocycles. The van der Waals surface area contributed by atoms with Gasteiger partial charge < -0.3 is 0 Å². The van der Waals surface area contributed by atoms with E-state index in [-0.39, 0.29) is 18.1 Å². The van der Waals surface area contributed by atoms with Crippen LogP contribution >= 0.6 is 0 Å². The van der Waals surface area contributed by atoms with Gasteiger partial charge in [-0.2, -0.15) is 13.2 Å². The normalized spacial score (nSPS) is 21.9. The maximum Gasteiger partial charge on any atom is 0.417 e. The quantitative estimate of drug-likeness (QED) is 0.884. The molecule has 1 aliphatic rings. The highest BCUT2D eigenvalue weighted by Crippen LogP contribution is 2.33. The summed E-state index contributed by atoms with van der Waals surface area (Å²) in [4.78, 5) is -0.858. The predicted molar refractivity (Wildman–Crippen MR) is 73.4 cm³/mol. The second kappa shape index (κ2) is 5.82. The third-order valence-electron chi connectivity index (χ3n) is 3.37. The lowest BCUT2D eigenvalue weighted by Gasteiger charge is -2.15. The van der Waals surface area contributed by atoms with Gasteiger partial charge in [-0.15, -0.1) is 0 Å². The molecule has 0 spiro atoms. The van der Waals surface area contributed by atoms with Crippen LogP contribution in [-0.4, -0.2) is 34.9 Å². The second-order valence-electron chi connectivity index (χ2n) is 5.11. The van der Waals surface area contributed by atoms with Gasteiger partial charge in [-0.3, -0.25) is 0 Å². The molecule has 0 aromatic heterocycles. The van der Waals surface area contributed by atoms with E-state index in [1.165, 1.54) is 6.07 Å². The van der Waals surface area contributed by atoms with Gasteiger partial charge >= 0.3 is 6.18 Å². The van der Waals surface area contributed by atoms with Crippen LogP contribution in [0.1, 0.15) is 12.0 Å². The van der Waals surface area contributed by atoms with Crippen molar-refractivity contribution in [3.8, 4) is 0 Å². The third kappa shape index (κ3) is 3.99. The number of sulfone groups is 1. The van der Waals surface area contributed by atoms with Crippen LogP contribution in [0.5, 0.6) is 0 Å². The van der Waals surface area contributed by atoms with E-state index in [1.54, 1.807) is 0 Å². The zero-order valence-corrected chi connectivity index (χ0v) is 12.9. The van der Waals surface area contributed by atoms with Gasteiger partial charge in [-0.1, -0.05) is 12.1 Å². The lowest BCUT2D eigenvalue weighted by Crippen LogP contribution is -2.31. The molecule has 5 nitrogen and oxygen atoms in total. The molecule has 22 heavy (non-hydrogen) atoms. The van der Waals surface area contributed by atoms with E-state index in [0.717, 1.165) is 12.1 Å². The molecular formula is C12H14F3NO4S2. The van der Waals surface area contributed by atoms with E-state index >= 15 is 0 Å². The molecule has 1 saturated heterocycles. The molecule has 1 aliphatic heterocycles. The van der Waals surface area contributed by atoms with E-state index in [9.17, 15) is 30.0 Å². The summed E-state index contributed by atoms with van der Waals surface area (Å²) in [6.45, 7) is -0.201. The molecule has 10 heteroatoms. The Morgan fingerprint density at radius 3 is 2.41 bits per heavy atom. The molecule has 0 bridgehead atoms. The number of sulfonamides is 1. The smallest absolute Gasteiger partial charge is 0.229 e. The number of hydrogen-bond acceptors (Lipinski definition) is 4. The van der Waals surface area contributed by atoms with Crippen molar-refractivity contribution < 1.29 is 30.0 Å².